The van der Waals surface area contributed by atoms with Gasteiger partial charge in [0.1, 0.15) is 5.75 Å². The highest BCUT2D eigenvalue weighted by Crippen LogP contribution is 2.31. The largest absolute Gasteiger partial charge is 0.493 e. The third-order valence-electron chi connectivity index (χ3n) is 5.04. The number of unbranched alkanes of at least 4 members (excludes halogenated alkanes) is 3. The number of amides is 1. The van der Waals surface area contributed by atoms with Crippen LogP contribution in [0, 0.1) is 0 Å². The molecule has 7 heteroatoms. The standard InChI is InChI=1S/C26H34N2O4S/c1-3-4-5-8-15-28-25(30)12-9-16-32-24-14-13-20(22-10-6-7-11-23(22)24)17-21(19-29)33-26(31)18-27-2/h6-7,10-11,13-14,17,19,27H,3-5,8-9,12,15-16,18H2,1-2H3,(H,28,30)/b21-17-. The second kappa shape index (κ2) is 15.2. The molecule has 0 saturated carbocycles. The summed E-state index contributed by atoms with van der Waals surface area (Å²) in [5.41, 5.74) is 0.840. The molecule has 2 aromatic rings. The number of ether oxygens (including phenoxy) is 1. The molecule has 0 bridgehead atoms. The van der Waals surface area contributed by atoms with E-state index in [0.29, 0.717) is 30.6 Å². The molecule has 0 aliphatic rings. The van der Waals surface area contributed by atoms with Gasteiger partial charge in [-0.2, -0.15) is 0 Å². The van der Waals surface area contributed by atoms with Crippen molar-refractivity contribution in [1.82, 2.24) is 10.6 Å². The van der Waals surface area contributed by atoms with E-state index in [9.17, 15) is 14.4 Å². The van der Waals surface area contributed by atoms with Gasteiger partial charge in [0.05, 0.1) is 18.1 Å². The van der Waals surface area contributed by atoms with E-state index in [2.05, 4.69) is 17.6 Å². The Labute approximate surface area is 200 Å². The first-order valence-electron chi connectivity index (χ1n) is 11.5. The number of carbonyl (C=O) groups excluding carboxylic acids is 3. The zero-order valence-corrected chi connectivity index (χ0v) is 20.3. The van der Waals surface area contributed by atoms with Gasteiger partial charge in [-0.25, -0.2) is 0 Å². The van der Waals surface area contributed by atoms with Gasteiger partial charge in [0.15, 0.2) is 6.29 Å². The molecule has 2 N–H and O–H groups in total. The van der Waals surface area contributed by atoms with Crippen LogP contribution in [-0.4, -0.2) is 44.1 Å². The first-order valence-corrected chi connectivity index (χ1v) is 12.3. The molecule has 1 amide bonds. The number of rotatable bonds is 15. The first kappa shape index (κ1) is 26.6. The van der Waals surface area contributed by atoms with Crippen LogP contribution in [-0.2, 0) is 14.4 Å². The van der Waals surface area contributed by atoms with Gasteiger partial charge in [-0.05, 0) is 54.7 Å². The molecule has 178 valence electrons. The Morgan fingerprint density at radius 3 is 2.55 bits per heavy atom. The van der Waals surface area contributed by atoms with Crippen LogP contribution in [0.4, 0.5) is 0 Å². The fraction of sp³-hybridized carbons (Fsp3) is 0.423. The van der Waals surface area contributed by atoms with Crippen molar-refractivity contribution in [1.29, 1.82) is 0 Å². The Kier molecular flexibility index (Phi) is 12.3. The lowest BCUT2D eigenvalue weighted by Crippen LogP contribution is -2.24. The molecule has 0 heterocycles. The lowest BCUT2D eigenvalue weighted by Gasteiger charge is -2.12. The van der Waals surface area contributed by atoms with Crippen LogP contribution in [0.5, 0.6) is 5.75 Å². The van der Waals surface area contributed by atoms with E-state index >= 15 is 0 Å². The average molecular weight is 471 g/mol. The summed E-state index contributed by atoms with van der Waals surface area (Å²) >= 11 is 0.928. The minimum atomic E-state index is -0.120. The number of carbonyl (C=O) groups is 3. The number of fused-ring (bicyclic) bond motifs is 1. The van der Waals surface area contributed by atoms with Crippen molar-refractivity contribution in [3.63, 3.8) is 0 Å². The smallest absolute Gasteiger partial charge is 0.220 e. The molecule has 0 atom stereocenters. The van der Waals surface area contributed by atoms with Crippen molar-refractivity contribution < 1.29 is 19.1 Å². The van der Waals surface area contributed by atoms with E-state index in [1.807, 2.05) is 36.4 Å². The van der Waals surface area contributed by atoms with Crippen molar-refractivity contribution in [3.8, 4) is 5.75 Å². The maximum atomic E-state index is 12.0. The maximum Gasteiger partial charge on any atom is 0.220 e. The van der Waals surface area contributed by atoms with E-state index in [1.165, 1.54) is 12.8 Å². The molecule has 0 radical (unpaired) electrons. The summed E-state index contributed by atoms with van der Waals surface area (Å²) in [5.74, 6) is 0.793. The Balaban J connectivity index is 1.97. The Morgan fingerprint density at radius 2 is 1.82 bits per heavy atom. The summed E-state index contributed by atoms with van der Waals surface area (Å²) in [4.78, 5) is 35.7. The third kappa shape index (κ3) is 9.40. The molecule has 2 rings (SSSR count). The third-order valence-corrected chi connectivity index (χ3v) is 5.86. The maximum absolute atomic E-state index is 12.0. The molecule has 6 nitrogen and oxygen atoms in total. The summed E-state index contributed by atoms with van der Waals surface area (Å²) in [7, 11) is 1.69. The van der Waals surface area contributed by atoms with Gasteiger partial charge in [-0.1, -0.05) is 56.5 Å². The first-order chi connectivity index (χ1) is 16.1. The van der Waals surface area contributed by atoms with Crippen molar-refractivity contribution in [2.45, 2.75) is 45.4 Å². The van der Waals surface area contributed by atoms with E-state index < -0.39 is 0 Å². The van der Waals surface area contributed by atoms with Gasteiger partial charge < -0.3 is 15.4 Å². The fourth-order valence-corrected chi connectivity index (χ4v) is 4.10. The Bertz CT molecular complexity index is 958. The van der Waals surface area contributed by atoms with E-state index in [-0.39, 0.29) is 17.6 Å². The zero-order chi connectivity index (χ0) is 23.9. The Morgan fingerprint density at radius 1 is 1.03 bits per heavy atom. The van der Waals surface area contributed by atoms with Crippen molar-refractivity contribution in [3.05, 3.63) is 46.9 Å². The number of thioether (sulfide) groups is 1. The lowest BCUT2D eigenvalue weighted by atomic mass is 10.0. The van der Waals surface area contributed by atoms with Crippen LogP contribution in [0.15, 0.2) is 41.3 Å². The van der Waals surface area contributed by atoms with Crippen LogP contribution >= 0.6 is 11.8 Å². The topological polar surface area (TPSA) is 84.5 Å². The molecular weight excluding hydrogens is 436 g/mol. The summed E-state index contributed by atoms with van der Waals surface area (Å²) in [6.07, 6.45) is 8.06. The normalized spacial score (nSPS) is 11.4. The number of hydrogen-bond acceptors (Lipinski definition) is 6. The monoisotopic (exact) mass is 470 g/mol. The Hall–Kier alpha value is -2.64. The average Bonchev–Trinajstić information content (AvgIpc) is 2.82. The molecule has 0 aliphatic heterocycles. The lowest BCUT2D eigenvalue weighted by molar-refractivity contribution is -0.121. The summed E-state index contributed by atoms with van der Waals surface area (Å²) in [6, 6.07) is 11.5. The summed E-state index contributed by atoms with van der Waals surface area (Å²) in [6.45, 7) is 3.54. The SMILES string of the molecule is CCCCCCNC(=O)CCCOc1ccc(/C=C(/C=O)SC(=O)CNC)c2ccccc12. The molecule has 0 unspecified atom stereocenters. The number of allylic oxidation sites excluding steroid dienone is 1. The van der Waals surface area contributed by atoms with Crippen molar-refractivity contribution >= 4 is 45.9 Å². The van der Waals surface area contributed by atoms with Gasteiger partial charge >= 0.3 is 0 Å². The van der Waals surface area contributed by atoms with Crippen LogP contribution < -0.4 is 15.4 Å². The van der Waals surface area contributed by atoms with E-state index in [0.717, 1.165) is 53.2 Å². The van der Waals surface area contributed by atoms with Gasteiger partial charge in [0, 0.05) is 18.4 Å². The second-order valence-corrected chi connectivity index (χ2v) is 8.86. The summed E-state index contributed by atoms with van der Waals surface area (Å²) < 4.78 is 5.97. The zero-order valence-electron chi connectivity index (χ0n) is 19.5. The van der Waals surface area contributed by atoms with Crippen LogP contribution in [0.2, 0.25) is 0 Å². The molecule has 0 saturated heterocycles. The predicted octanol–water partition coefficient (Wildman–Crippen LogP) is 4.71. The molecular formula is C26H34N2O4S. The van der Waals surface area contributed by atoms with Crippen LogP contribution in [0.1, 0.15) is 51.0 Å². The highest BCUT2D eigenvalue weighted by molar-refractivity contribution is 8.17. The van der Waals surface area contributed by atoms with Crippen LogP contribution in [0.3, 0.4) is 0 Å². The predicted molar refractivity (Wildman–Crippen MR) is 136 cm³/mol. The fourth-order valence-electron chi connectivity index (χ4n) is 3.38. The van der Waals surface area contributed by atoms with E-state index in [1.54, 1.807) is 13.1 Å². The van der Waals surface area contributed by atoms with Crippen molar-refractivity contribution in [2.24, 2.45) is 0 Å². The molecule has 0 aliphatic carbocycles. The quantitative estimate of drug-likeness (QED) is 0.223. The molecule has 33 heavy (non-hydrogen) atoms. The minimum absolute atomic E-state index is 0.0622. The number of nitrogens with one attached hydrogen (secondary N) is 2. The summed E-state index contributed by atoms with van der Waals surface area (Å²) in [5, 5.41) is 7.49. The number of likely N-dealkylation sites (N-methyl/N-ethyl adjacent to an activating group) is 1. The van der Waals surface area contributed by atoms with Gasteiger partial charge in [0.25, 0.3) is 0 Å². The van der Waals surface area contributed by atoms with Gasteiger partial charge in [-0.3, -0.25) is 14.4 Å². The minimum Gasteiger partial charge on any atom is -0.493 e. The molecule has 0 fully saturated rings. The molecule has 2 aromatic carbocycles. The van der Waals surface area contributed by atoms with E-state index in [4.69, 9.17) is 4.74 Å². The number of aldehydes is 1. The number of hydrogen-bond donors (Lipinski definition) is 2. The highest BCUT2D eigenvalue weighted by Gasteiger charge is 2.10. The van der Waals surface area contributed by atoms with Gasteiger partial charge in [-0.15, -0.1) is 0 Å². The van der Waals surface area contributed by atoms with Gasteiger partial charge in [0.2, 0.25) is 11.0 Å². The van der Waals surface area contributed by atoms with Crippen molar-refractivity contribution in [2.75, 3.05) is 26.7 Å². The number of benzene rings is 2. The molecule has 0 spiro atoms. The van der Waals surface area contributed by atoms with Crippen LogP contribution in [0.25, 0.3) is 16.8 Å². The highest BCUT2D eigenvalue weighted by atomic mass is 32.2. The second-order valence-electron chi connectivity index (χ2n) is 7.73. The molecule has 0 aromatic heterocycles.